The van der Waals surface area contributed by atoms with E-state index in [1.54, 1.807) is 44.2 Å². The number of halogens is 4. The number of alkyl halides is 3. The molecule has 5 rings (SSSR count). The minimum Gasteiger partial charge on any atom is -0.413 e. The third-order valence-electron chi connectivity index (χ3n) is 6.62. The lowest BCUT2D eigenvalue weighted by molar-refractivity contribution is -0.157. The summed E-state index contributed by atoms with van der Waals surface area (Å²) in [5.74, 6) is -3.39. The van der Waals surface area contributed by atoms with E-state index in [9.17, 15) is 27.2 Å². The number of nitrogens with zero attached hydrogens (tertiary/aromatic N) is 4. The smallest absolute Gasteiger partial charge is 0.413 e. The van der Waals surface area contributed by atoms with E-state index in [-0.39, 0.29) is 29.7 Å². The second kappa shape index (κ2) is 8.75. The third-order valence-corrected chi connectivity index (χ3v) is 6.62. The molecule has 1 aliphatic heterocycles. The van der Waals surface area contributed by atoms with Crippen molar-refractivity contribution in [2.24, 2.45) is 5.41 Å². The molecular weight excluding hydrogens is 492 g/mol. The van der Waals surface area contributed by atoms with Crippen LogP contribution in [0.15, 0.2) is 70.3 Å². The van der Waals surface area contributed by atoms with Crippen LogP contribution in [-0.4, -0.2) is 31.9 Å². The average Bonchev–Trinajstić information content (AvgIpc) is 3.37. The van der Waals surface area contributed by atoms with Crippen LogP contribution in [0, 0.1) is 11.2 Å². The number of pyridine rings is 1. The SMILES string of the molecule is CC1(C)C(=O)N(Cc2ccc(-c3nnc(C(F)(F)F)o3)cn2)C(=O)C2=C1CC(c1ccccc1F)C=C2. The number of benzene rings is 1. The number of aromatic nitrogens is 3. The van der Waals surface area contributed by atoms with Crippen molar-refractivity contribution in [3.63, 3.8) is 0 Å². The molecule has 0 saturated carbocycles. The number of allylic oxidation sites excluding steroid dienone is 1. The Morgan fingerprint density at radius 3 is 2.51 bits per heavy atom. The van der Waals surface area contributed by atoms with Gasteiger partial charge in [0, 0.05) is 17.7 Å². The Bertz CT molecular complexity index is 1450. The number of carbonyl (C=O) groups excluding carboxylic acids is 2. The summed E-state index contributed by atoms with van der Waals surface area (Å²) in [6.45, 7) is 3.32. The molecule has 3 aromatic rings. The van der Waals surface area contributed by atoms with Gasteiger partial charge < -0.3 is 4.42 Å². The molecule has 0 saturated heterocycles. The Hall–Kier alpha value is -4.15. The molecule has 0 N–H and O–H groups in total. The number of hydrogen-bond donors (Lipinski definition) is 0. The molecule has 1 aliphatic carbocycles. The molecule has 7 nitrogen and oxygen atoms in total. The van der Waals surface area contributed by atoms with Crippen LogP contribution in [-0.2, 0) is 22.3 Å². The van der Waals surface area contributed by atoms with Gasteiger partial charge in [-0.05, 0) is 49.6 Å². The Kier molecular flexibility index (Phi) is 5.81. The van der Waals surface area contributed by atoms with E-state index in [2.05, 4.69) is 19.6 Å². The Balaban J connectivity index is 1.37. The molecule has 2 aliphatic rings. The number of rotatable bonds is 4. The van der Waals surface area contributed by atoms with Crippen molar-refractivity contribution in [2.75, 3.05) is 0 Å². The van der Waals surface area contributed by atoms with E-state index < -0.39 is 29.3 Å². The molecule has 1 unspecified atom stereocenters. The summed E-state index contributed by atoms with van der Waals surface area (Å²) in [5.41, 5.74) is 1.01. The van der Waals surface area contributed by atoms with Crippen LogP contribution < -0.4 is 0 Å². The van der Waals surface area contributed by atoms with Gasteiger partial charge in [-0.1, -0.05) is 30.4 Å². The summed E-state index contributed by atoms with van der Waals surface area (Å²) >= 11 is 0. The summed E-state index contributed by atoms with van der Waals surface area (Å²) in [5, 5.41) is 6.37. The van der Waals surface area contributed by atoms with Crippen LogP contribution in [0.25, 0.3) is 11.5 Å². The monoisotopic (exact) mass is 512 g/mol. The zero-order valence-electron chi connectivity index (χ0n) is 19.7. The lowest BCUT2D eigenvalue weighted by Crippen LogP contribution is -2.50. The molecule has 0 radical (unpaired) electrons. The molecule has 37 heavy (non-hydrogen) atoms. The van der Waals surface area contributed by atoms with Gasteiger partial charge in [0.2, 0.25) is 11.8 Å². The zero-order chi connectivity index (χ0) is 26.5. The highest BCUT2D eigenvalue weighted by molar-refractivity contribution is 6.12. The minimum atomic E-state index is -4.77. The Labute approximate surface area is 208 Å². The Morgan fingerprint density at radius 1 is 1.11 bits per heavy atom. The van der Waals surface area contributed by atoms with E-state index >= 15 is 0 Å². The van der Waals surface area contributed by atoms with Crippen molar-refractivity contribution in [3.05, 3.63) is 88.9 Å². The summed E-state index contributed by atoms with van der Waals surface area (Å²) < 4.78 is 57.2. The van der Waals surface area contributed by atoms with Gasteiger partial charge in [0.05, 0.1) is 23.2 Å². The van der Waals surface area contributed by atoms with Crippen molar-refractivity contribution in [1.29, 1.82) is 0 Å². The van der Waals surface area contributed by atoms with E-state index in [1.165, 1.54) is 24.4 Å². The number of carbonyl (C=O) groups is 2. The fraction of sp³-hybridized carbons (Fsp3) is 0.269. The highest BCUT2D eigenvalue weighted by Gasteiger charge is 2.47. The largest absolute Gasteiger partial charge is 0.470 e. The van der Waals surface area contributed by atoms with Crippen LogP contribution in [0.3, 0.4) is 0 Å². The topological polar surface area (TPSA) is 89.2 Å². The first kappa shape index (κ1) is 24.5. The maximum absolute atomic E-state index is 14.4. The first-order valence-corrected chi connectivity index (χ1v) is 11.4. The van der Waals surface area contributed by atoms with Gasteiger partial charge in [0.1, 0.15) is 5.82 Å². The lowest BCUT2D eigenvalue weighted by atomic mass is 9.70. The summed E-state index contributed by atoms with van der Waals surface area (Å²) in [7, 11) is 0. The van der Waals surface area contributed by atoms with Gasteiger partial charge in [-0.2, -0.15) is 13.2 Å². The molecule has 1 aromatic carbocycles. The molecule has 2 aromatic heterocycles. The van der Waals surface area contributed by atoms with Gasteiger partial charge in [0.25, 0.3) is 5.91 Å². The maximum Gasteiger partial charge on any atom is 0.470 e. The van der Waals surface area contributed by atoms with Crippen molar-refractivity contribution in [1.82, 2.24) is 20.1 Å². The minimum absolute atomic E-state index is 0.139. The van der Waals surface area contributed by atoms with Crippen molar-refractivity contribution >= 4 is 11.8 Å². The van der Waals surface area contributed by atoms with Gasteiger partial charge in [-0.25, -0.2) is 4.39 Å². The first-order valence-electron chi connectivity index (χ1n) is 11.4. The van der Waals surface area contributed by atoms with Crippen molar-refractivity contribution in [3.8, 4) is 11.5 Å². The van der Waals surface area contributed by atoms with Crippen LogP contribution >= 0.6 is 0 Å². The molecule has 11 heteroatoms. The molecule has 0 fully saturated rings. The van der Waals surface area contributed by atoms with Crippen molar-refractivity contribution < 1.29 is 31.6 Å². The van der Waals surface area contributed by atoms with E-state index in [4.69, 9.17) is 0 Å². The molecule has 1 atom stereocenters. The van der Waals surface area contributed by atoms with Crippen LogP contribution in [0.2, 0.25) is 0 Å². The van der Waals surface area contributed by atoms with Crippen LogP contribution in [0.1, 0.15) is 43.3 Å². The second-order valence-electron chi connectivity index (χ2n) is 9.35. The lowest BCUT2D eigenvalue weighted by Gasteiger charge is -2.41. The molecule has 2 amide bonds. The van der Waals surface area contributed by atoms with E-state index in [0.717, 1.165) is 4.90 Å². The summed E-state index contributed by atoms with van der Waals surface area (Å²) in [4.78, 5) is 32.0. The first-order chi connectivity index (χ1) is 17.5. The predicted octanol–water partition coefficient (Wildman–Crippen LogP) is 5.22. The van der Waals surface area contributed by atoms with Gasteiger partial charge in [-0.3, -0.25) is 19.5 Å². The standard InChI is InChI=1S/C26H20F4N4O3/c1-25(2)19-11-14(17-5-3-4-6-20(17)27)8-10-18(19)22(35)34(24(25)36)13-16-9-7-15(12-31-16)21-32-33-23(37-21)26(28,29)30/h3-10,12,14H,11,13H2,1-2H3. The van der Waals surface area contributed by atoms with Gasteiger partial charge in [0.15, 0.2) is 0 Å². The summed E-state index contributed by atoms with van der Waals surface area (Å²) in [6.07, 6.45) is 0.214. The quantitative estimate of drug-likeness (QED) is 0.352. The Morgan fingerprint density at radius 2 is 1.86 bits per heavy atom. The molecule has 3 heterocycles. The summed E-state index contributed by atoms with van der Waals surface area (Å²) in [6, 6.07) is 9.30. The van der Waals surface area contributed by atoms with Crippen LogP contribution in [0.5, 0.6) is 0 Å². The zero-order valence-corrected chi connectivity index (χ0v) is 19.7. The molecular formula is C26H20F4N4O3. The molecule has 190 valence electrons. The normalized spacial score (nSPS) is 19.4. The molecule has 0 bridgehead atoms. The fourth-order valence-electron chi connectivity index (χ4n) is 4.60. The number of hydrogen-bond acceptors (Lipinski definition) is 6. The second-order valence-corrected chi connectivity index (χ2v) is 9.35. The average molecular weight is 512 g/mol. The highest BCUT2D eigenvalue weighted by Crippen LogP contribution is 2.45. The van der Waals surface area contributed by atoms with Gasteiger partial charge >= 0.3 is 12.1 Å². The van der Waals surface area contributed by atoms with E-state index in [0.29, 0.717) is 28.8 Å². The van der Waals surface area contributed by atoms with Gasteiger partial charge in [-0.15, -0.1) is 10.2 Å². The maximum atomic E-state index is 14.4. The third kappa shape index (κ3) is 4.34. The number of amides is 2. The highest BCUT2D eigenvalue weighted by atomic mass is 19.4. The van der Waals surface area contributed by atoms with Crippen LogP contribution in [0.4, 0.5) is 17.6 Å². The van der Waals surface area contributed by atoms with E-state index in [1.807, 2.05) is 0 Å². The molecule has 0 spiro atoms. The predicted molar refractivity (Wildman–Crippen MR) is 122 cm³/mol. The van der Waals surface area contributed by atoms with Crippen molar-refractivity contribution in [2.45, 2.75) is 38.9 Å². The fourth-order valence-corrected chi connectivity index (χ4v) is 4.60. The number of imide groups is 1.